The molecule has 1 heterocycles. The van der Waals surface area contributed by atoms with Crippen LogP contribution in [-0.2, 0) is 9.47 Å². The summed E-state index contributed by atoms with van der Waals surface area (Å²) in [5.41, 5.74) is 0.538. The first-order chi connectivity index (χ1) is 15.2. The van der Waals surface area contributed by atoms with Gasteiger partial charge < -0.3 is 40.0 Å². The number of aliphatic hydroxyl groups excluding tert-OH is 4. The van der Waals surface area contributed by atoms with Crippen LogP contribution >= 0.6 is 11.6 Å². The fourth-order valence-corrected chi connectivity index (χ4v) is 3.32. The summed E-state index contributed by atoms with van der Waals surface area (Å²) in [6.45, 7) is -0.521. The summed E-state index contributed by atoms with van der Waals surface area (Å²) in [4.78, 5) is 24.9. The number of carbonyl (C=O) groups is 2. The maximum atomic E-state index is 12.5. The second kappa shape index (κ2) is 10.3. The average molecular weight is 468 g/mol. The lowest BCUT2D eigenvalue weighted by Crippen LogP contribution is -2.58. The molecule has 1 aliphatic heterocycles. The molecule has 2 aromatic carbocycles. The molecule has 11 heteroatoms. The Morgan fingerprint density at radius 3 is 2.38 bits per heavy atom. The van der Waals surface area contributed by atoms with E-state index in [-0.39, 0.29) is 22.0 Å². The van der Waals surface area contributed by atoms with Crippen molar-refractivity contribution >= 4 is 29.2 Å². The Morgan fingerprint density at radius 1 is 1.03 bits per heavy atom. The Bertz CT molecular complexity index is 971. The van der Waals surface area contributed by atoms with Crippen molar-refractivity contribution in [3.63, 3.8) is 0 Å². The fraction of sp³-hybridized carbons (Fsp3) is 0.333. The van der Waals surface area contributed by atoms with Gasteiger partial charge in [-0.05, 0) is 24.3 Å². The number of nitrogens with one attached hydrogen (secondary N) is 1. The van der Waals surface area contributed by atoms with Gasteiger partial charge in [0, 0.05) is 5.56 Å². The van der Waals surface area contributed by atoms with Crippen LogP contribution in [0, 0.1) is 0 Å². The van der Waals surface area contributed by atoms with Crippen LogP contribution in [0.25, 0.3) is 0 Å². The summed E-state index contributed by atoms with van der Waals surface area (Å²) in [7, 11) is 1.33. The van der Waals surface area contributed by atoms with E-state index in [4.69, 9.17) is 25.8 Å². The molecular weight excluding hydrogens is 446 g/mol. The number of methoxy groups -OCH3 is 1. The van der Waals surface area contributed by atoms with Gasteiger partial charge in [-0.15, -0.1) is 0 Å². The van der Waals surface area contributed by atoms with Crippen LogP contribution in [0.5, 0.6) is 5.75 Å². The van der Waals surface area contributed by atoms with Gasteiger partial charge in [0.05, 0.1) is 17.7 Å². The van der Waals surface area contributed by atoms with E-state index >= 15 is 0 Å². The second-order valence-electron chi connectivity index (χ2n) is 6.99. The third-order valence-electron chi connectivity index (χ3n) is 4.85. The summed E-state index contributed by atoms with van der Waals surface area (Å²) in [5.74, 6) is -1.18. The number of hydrogen-bond donors (Lipinski definition) is 5. The molecule has 2 aromatic rings. The Balaban J connectivity index is 1.71. The third kappa shape index (κ3) is 5.18. The van der Waals surface area contributed by atoms with E-state index in [1.807, 2.05) is 0 Å². The molecule has 32 heavy (non-hydrogen) atoms. The number of benzene rings is 2. The van der Waals surface area contributed by atoms with E-state index in [2.05, 4.69) is 5.32 Å². The molecule has 172 valence electrons. The quantitative estimate of drug-likeness (QED) is 0.383. The largest absolute Gasteiger partial charge is 0.494 e. The summed E-state index contributed by atoms with van der Waals surface area (Å²) < 4.78 is 15.3. The Kier molecular flexibility index (Phi) is 7.67. The van der Waals surface area contributed by atoms with Gasteiger partial charge in [-0.2, -0.15) is 0 Å². The Labute approximate surface area is 187 Å². The lowest BCUT2D eigenvalue weighted by molar-refractivity contribution is -0.286. The second-order valence-corrected chi connectivity index (χ2v) is 7.40. The van der Waals surface area contributed by atoms with Crippen molar-refractivity contribution in [2.75, 3.05) is 19.0 Å². The third-order valence-corrected chi connectivity index (χ3v) is 5.15. The molecule has 0 radical (unpaired) electrons. The zero-order chi connectivity index (χ0) is 23.4. The number of hydrogen-bond acceptors (Lipinski definition) is 9. The molecule has 5 N–H and O–H groups in total. The van der Waals surface area contributed by atoms with Gasteiger partial charge in [-0.1, -0.05) is 29.8 Å². The Morgan fingerprint density at radius 2 is 1.72 bits per heavy atom. The maximum Gasteiger partial charge on any atom is 0.338 e. The van der Waals surface area contributed by atoms with Crippen LogP contribution in [0.15, 0.2) is 42.5 Å². The smallest absolute Gasteiger partial charge is 0.338 e. The minimum atomic E-state index is -1.75. The van der Waals surface area contributed by atoms with Crippen LogP contribution in [0.4, 0.5) is 5.69 Å². The molecule has 5 atom stereocenters. The predicted octanol–water partition coefficient (Wildman–Crippen LogP) is 0.558. The first-order valence-electron chi connectivity index (χ1n) is 9.51. The zero-order valence-electron chi connectivity index (χ0n) is 16.8. The predicted molar refractivity (Wildman–Crippen MR) is 112 cm³/mol. The van der Waals surface area contributed by atoms with Crippen molar-refractivity contribution in [1.29, 1.82) is 0 Å². The molecule has 1 fully saturated rings. The number of amides is 1. The normalized spacial score (nSPS) is 25.1. The lowest BCUT2D eigenvalue weighted by atomic mass is 9.99. The minimum Gasteiger partial charge on any atom is -0.494 e. The monoisotopic (exact) mass is 467 g/mol. The average Bonchev–Trinajstić information content (AvgIpc) is 2.80. The van der Waals surface area contributed by atoms with Crippen molar-refractivity contribution in [2.24, 2.45) is 0 Å². The summed E-state index contributed by atoms with van der Waals surface area (Å²) >= 11 is 6.25. The number of halogens is 1. The molecule has 1 amide bonds. The van der Waals surface area contributed by atoms with Gasteiger partial charge in [0.25, 0.3) is 5.91 Å². The number of ether oxygens (including phenoxy) is 3. The molecule has 0 aliphatic carbocycles. The highest BCUT2D eigenvalue weighted by Crippen LogP contribution is 2.34. The summed E-state index contributed by atoms with van der Waals surface area (Å²) in [5, 5.41) is 41.3. The van der Waals surface area contributed by atoms with Crippen LogP contribution in [0.3, 0.4) is 0 Å². The number of rotatable bonds is 6. The minimum absolute atomic E-state index is 0.0171. The van der Waals surface area contributed by atoms with Gasteiger partial charge in [0.15, 0.2) is 6.29 Å². The topological polar surface area (TPSA) is 155 Å². The van der Waals surface area contributed by atoms with Crippen molar-refractivity contribution in [3.05, 3.63) is 58.6 Å². The highest BCUT2D eigenvalue weighted by atomic mass is 35.5. The first-order valence-corrected chi connectivity index (χ1v) is 9.89. The van der Waals surface area contributed by atoms with E-state index < -0.39 is 49.2 Å². The number of aliphatic hydroxyl groups is 4. The Hall–Kier alpha value is -2.73. The van der Waals surface area contributed by atoms with Crippen molar-refractivity contribution < 1.29 is 44.2 Å². The molecule has 10 nitrogen and oxygen atoms in total. The molecule has 1 aliphatic rings. The summed E-state index contributed by atoms with van der Waals surface area (Å²) in [6, 6.07) is 11.0. The molecular formula is C21H22ClNO9. The number of esters is 1. The van der Waals surface area contributed by atoms with Crippen LogP contribution in [0.1, 0.15) is 20.7 Å². The highest BCUT2D eigenvalue weighted by molar-refractivity contribution is 6.34. The van der Waals surface area contributed by atoms with Gasteiger partial charge in [0.2, 0.25) is 0 Å². The molecule has 0 spiro atoms. The highest BCUT2D eigenvalue weighted by Gasteiger charge is 2.43. The number of anilines is 1. The molecule has 0 aromatic heterocycles. The summed E-state index contributed by atoms with van der Waals surface area (Å²) in [6.07, 6.45) is -7.98. The van der Waals surface area contributed by atoms with E-state index in [1.54, 1.807) is 30.3 Å². The molecule has 1 unspecified atom stereocenters. The van der Waals surface area contributed by atoms with E-state index in [0.29, 0.717) is 5.56 Å². The van der Waals surface area contributed by atoms with Gasteiger partial charge in [-0.3, -0.25) is 4.79 Å². The van der Waals surface area contributed by atoms with E-state index in [9.17, 15) is 30.0 Å². The lowest BCUT2D eigenvalue weighted by Gasteiger charge is -2.37. The van der Waals surface area contributed by atoms with Gasteiger partial charge in [-0.25, -0.2) is 4.79 Å². The van der Waals surface area contributed by atoms with E-state index in [1.165, 1.54) is 19.2 Å². The van der Waals surface area contributed by atoms with Crippen molar-refractivity contribution in [3.8, 4) is 5.75 Å². The number of carbonyl (C=O) groups excluding carboxylic acids is 2. The van der Waals surface area contributed by atoms with Gasteiger partial charge in [0.1, 0.15) is 42.5 Å². The van der Waals surface area contributed by atoms with Crippen LogP contribution < -0.4 is 10.1 Å². The molecule has 0 saturated carbocycles. The molecule has 0 bridgehead atoms. The van der Waals surface area contributed by atoms with Gasteiger partial charge >= 0.3 is 5.97 Å². The maximum absolute atomic E-state index is 12.5. The van der Waals surface area contributed by atoms with E-state index in [0.717, 1.165) is 0 Å². The van der Waals surface area contributed by atoms with Crippen LogP contribution in [0.2, 0.25) is 5.02 Å². The molecule has 1 saturated heterocycles. The zero-order valence-corrected chi connectivity index (χ0v) is 17.6. The standard InChI is InChI=1S/C21H22ClNO9/c1-30-13-8-11(7-12(22)15(13)23-19(27)10-5-3-2-4-6-10)20(28)31-9-14-16(24)17(25)18(26)21(29)32-14/h2-8,14,16-18,21,24-26,29H,9H2,1H3,(H,23,27)/t14-,16-,17+,18-,21?/m1/s1. The first kappa shape index (κ1) is 23.9. The van der Waals surface area contributed by atoms with Crippen molar-refractivity contribution in [2.45, 2.75) is 30.7 Å². The SMILES string of the molecule is COc1cc(C(=O)OC[C@H]2OC(O)[C@H](O)[C@@H](O)[C@@H]2O)cc(Cl)c1NC(=O)c1ccccc1. The van der Waals surface area contributed by atoms with Crippen LogP contribution in [-0.4, -0.2) is 76.7 Å². The molecule has 3 rings (SSSR count). The van der Waals surface area contributed by atoms with Crippen molar-refractivity contribution in [1.82, 2.24) is 0 Å². The fourth-order valence-electron chi connectivity index (χ4n) is 3.07.